The van der Waals surface area contributed by atoms with E-state index in [0.29, 0.717) is 13.0 Å². The molecular formula is C19H26N4O2. The smallest absolute Gasteiger partial charge is 0.330 e. The monoisotopic (exact) mass is 342 g/mol. The van der Waals surface area contributed by atoms with Gasteiger partial charge in [-0.15, -0.1) is 0 Å². The van der Waals surface area contributed by atoms with Crippen molar-refractivity contribution in [3.63, 3.8) is 0 Å². The molecule has 2 fully saturated rings. The predicted molar refractivity (Wildman–Crippen MR) is 96.4 cm³/mol. The van der Waals surface area contributed by atoms with Crippen molar-refractivity contribution in [3.05, 3.63) is 28.8 Å². The van der Waals surface area contributed by atoms with Crippen LogP contribution in [0.1, 0.15) is 51.0 Å². The molecular weight excluding hydrogens is 316 g/mol. The maximum Gasteiger partial charge on any atom is 0.330 e. The number of aryl methyl sites for hydroxylation is 1. The standard InChI is InChI=1S/C19H26N4O2/c1-21-16-7-4-11-20-18(16)23(19(21)25)15-10-12-22(13-15)17(24)9-8-14-5-2-3-6-14/h4,7,11,14-15H,2-3,5-6,8-10,12-13H2,1H3/t15-/m1/s1. The van der Waals surface area contributed by atoms with Crippen LogP contribution in [-0.2, 0) is 11.8 Å². The molecule has 0 aromatic carbocycles. The second kappa shape index (κ2) is 6.65. The molecule has 2 aliphatic rings. The number of rotatable bonds is 4. The Labute approximate surface area is 147 Å². The van der Waals surface area contributed by atoms with Crippen LogP contribution < -0.4 is 5.69 Å². The van der Waals surface area contributed by atoms with Crippen LogP contribution in [0.15, 0.2) is 23.1 Å². The lowest BCUT2D eigenvalue weighted by Crippen LogP contribution is -2.31. The van der Waals surface area contributed by atoms with Gasteiger partial charge in [-0.1, -0.05) is 25.7 Å². The number of hydrogen-bond donors (Lipinski definition) is 0. The van der Waals surface area contributed by atoms with Crippen LogP contribution >= 0.6 is 0 Å². The summed E-state index contributed by atoms with van der Waals surface area (Å²) < 4.78 is 3.42. The summed E-state index contributed by atoms with van der Waals surface area (Å²) in [6.45, 7) is 1.36. The molecule has 0 spiro atoms. The van der Waals surface area contributed by atoms with Gasteiger partial charge in [0.25, 0.3) is 0 Å². The number of likely N-dealkylation sites (tertiary alicyclic amines) is 1. The van der Waals surface area contributed by atoms with Crippen LogP contribution in [0, 0.1) is 5.92 Å². The first-order valence-corrected chi connectivity index (χ1v) is 9.45. The van der Waals surface area contributed by atoms with Crippen molar-refractivity contribution in [2.24, 2.45) is 13.0 Å². The molecule has 0 unspecified atom stereocenters. The van der Waals surface area contributed by atoms with Crippen molar-refractivity contribution in [1.29, 1.82) is 0 Å². The van der Waals surface area contributed by atoms with Crippen LogP contribution in [0.3, 0.4) is 0 Å². The number of carbonyl (C=O) groups excluding carboxylic acids is 1. The van der Waals surface area contributed by atoms with Crippen LogP contribution in [-0.4, -0.2) is 38.0 Å². The summed E-state index contributed by atoms with van der Waals surface area (Å²) in [5, 5.41) is 0. The van der Waals surface area contributed by atoms with Gasteiger partial charge in [-0.2, -0.15) is 0 Å². The van der Waals surface area contributed by atoms with Gasteiger partial charge in [0.05, 0.1) is 11.6 Å². The normalized spacial score (nSPS) is 21.5. The van der Waals surface area contributed by atoms with E-state index in [2.05, 4.69) is 4.98 Å². The van der Waals surface area contributed by atoms with E-state index in [-0.39, 0.29) is 17.6 Å². The lowest BCUT2D eigenvalue weighted by molar-refractivity contribution is -0.130. The van der Waals surface area contributed by atoms with E-state index in [0.717, 1.165) is 36.5 Å². The van der Waals surface area contributed by atoms with Crippen molar-refractivity contribution in [3.8, 4) is 0 Å². The molecule has 6 heteroatoms. The number of aromatic nitrogens is 3. The molecule has 1 aliphatic heterocycles. The second-order valence-electron chi connectivity index (χ2n) is 7.53. The minimum Gasteiger partial charge on any atom is -0.341 e. The zero-order valence-electron chi connectivity index (χ0n) is 14.9. The van der Waals surface area contributed by atoms with E-state index in [9.17, 15) is 9.59 Å². The quantitative estimate of drug-likeness (QED) is 0.858. The van der Waals surface area contributed by atoms with Crippen LogP contribution in [0.25, 0.3) is 11.2 Å². The third-order valence-electron chi connectivity index (χ3n) is 5.97. The average Bonchev–Trinajstić information content (AvgIpc) is 3.35. The SMILES string of the molecule is Cn1c(=O)n([C@@H]2CCN(C(=O)CCC3CCCC3)C2)c2ncccc21. The van der Waals surface area contributed by atoms with Crippen LogP contribution in [0.2, 0.25) is 0 Å². The molecule has 0 radical (unpaired) electrons. The predicted octanol–water partition coefficient (Wildman–Crippen LogP) is 2.48. The summed E-state index contributed by atoms with van der Waals surface area (Å²) in [7, 11) is 1.78. The van der Waals surface area contributed by atoms with E-state index in [4.69, 9.17) is 0 Å². The van der Waals surface area contributed by atoms with Crippen molar-refractivity contribution in [2.45, 2.75) is 51.0 Å². The maximum absolute atomic E-state index is 12.6. The molecule has 134 valence electrons. The molecule has 1 aliphatic carbocycles. The number of nitrogens with zero attached hydrogens (tertiary/aromatic N) is 4. The largest absolute Gasteiger partial charge is 0.341 e. The molecule has 2 aromatic heterocycles. The summed E-state index contributed by atoms with van der Waals surface area (Å²) in [5.74, 6) is 0.989. The van der Waals surface area contributed by atoms with Crippen molar-refractivity contribution >= 4 is 17.1 Å². The van der Waals surface area contributed by atoms with Crippen LogP contribution in [0.4, 0.5) is 0 Å². The molecule has 1 saturated carbocycles. The Morgan fingerprint density at radius 1 is 1.28 bits per heavy atom. The summed E-state index contributed by atoms with van der Waals surface area (Å²) >= 11 is 0. The number of fused-ring (bicyclic) bond motifs is 1. The molecule has 1 atom stereocenters. The van der Waals surface area contributed by atoms with Gasteiger partial charge in [0.1, 0.15) is 0 Å². The third-order valence-corrected chi connectivity index (χ3v) is 5.97. The number of pyridine rings is 1. The average molecular weight is 342 g/mol. The highest BCUT2D eigenvalue weighted by Crippen LogP contribution is 2.30. The van der Waals surface area contributed by atoms with Gasteiger partial charge >= 0.3 is 5.69 Å². The molecule has 1 saturated heterocycles. The second-order valence-corrected chi connectivity index (χ2v) is 7.53. The van der Waals surface area contributed by atoms with Gasteiger partial charge in [0.2, 0.25) is 5.91 Å². The molecule has 1 amide bonds. The van der Waals surface area contributed by atoms with Gasteiger partial charge in [-0.05, 0) is 30.9 Å². The number of imidazole rings is 1. The summed E-state index contributed by atoms with van der Waals surface area (Å²) in [5.41, 5.74) is 1.53. The summed E-state index contributed by atoms with van der Waals surface area (Å²) in [6.07, 6.45) is 9.43. The van der Waals surface area contributed by atoms with E-state index < -0.39 is 0 Å². The lowest BCUT2D eigenvalue weighted by Gasteiger charge is -2.18. The first-order chi connectivity index (χ1) is 12.1. The fourth-order valence-corrected chi connectivity index (χ4v) is 4.48. The van der Waals surface area contributed by atoms with Crippen LogP contribution in [0.5, 0.6) is 0 Å². The maximum atomic E-state index is 12.6. The van der Waals surface area contributed by atoms with E-state index in [1.807, 2.05) is 17.0 Å². The van der Waals surface area contributed by atoms with Crippen molar-refractivity contribution in [1.82, 2.24) is 19.0 Å². The Hall–Kier alpha value is -2.11. The van der Waals surface area contributed by atoms with E-state index >= 15 is 0 Å². The Balaban J connectivity index is 1.46. The Morgan fingerprint density at radius 2 is 2.08 bits per heavy atom. The molecule has 2 aromatic rings. The van der Waals surface area contributed by atoms with Gasteiger partial charge in [-0.3, -0.25) is 13.9 Å². The minimum absolute atomic E-state index is 0.0292. The van der Waals surface area contributed by atoms with Gasteiger partial charge in [0.15, 0.2) is 5.65 Å². The Morgan fingerprint density at radius 3 is 2.88 bits per heavy atom. The first-order valence-electron chi connectivity index (χ1n) is 9.45. The third kappa shape index (κ3) is 2.98. The minimum atomic E-state index is -0.0426. The highest BCUT2D eigenvalue weighted by molar-refractivity contribution is 5.76. The van der Waals surface area contributed by atoms with Gasteiger partial charge < -0.3 is 4.90 Å². The molecule has 4 rings (SSSR count). The summed E-state index contributed by atoms with van der Waals surface area (Å²) in [6, 6.07) is 3.79. The molecule has 0 N–H and O–H groups in total. The van der Waals surface area contributed by atoms with E-state index in [1.54, 1.807) is 22.4 Å². The number of hydrogen-bond acceptors (Lipinski definition) is 3. The Bertz CT molecular complexity index is 832. The molecule has 6 nitrogen and oxygen atoms in total. The fraction of sp³-hybridized carbons (Fsp3) is 0.632. The number of amides is 1. The van der Waals surface area contributed by atoms with Gasteiger partial charge in [0, 0.05) is 32.8 Å². The fourth-order valence-electron chi connectivity index (χ4n) is 4.48. The molecule has 25 heavy (non-hydrogen) atoms. The van der Waals surface area contributed by atoms with Gasteiger partial charge in [-0.25, -0.2) is 9.78 Å². The van der Waals surface area contributed by atoms with Crippen molar-refractivity contribution in [2.75, 3.05) is 13.1 Å². The Kier molecular flexibility index (Phi) is 4.36. The van der Waals surface area contributed by atoms with Crippen molar-refractivity contribution < 1.29 is 4.79 Å². The zero-order chi connectivity index (χ0) is 17.4. The lowest BCUT2D eigenvalue weighted by atomic mass is 10.0. The molecule has 0 bridgehead atoms. The van der Waals surface area contributed by atoms with E-state index in [1.165, 1.54) is 25.7 Å². The first kappa shape index (κ1) is 16.4. The summed E-state index contributed by atoms with van der Waals surface area (Å²) in [4.78, 5) is 31.5. The molecule has 3 heterocycles. The number of carbonyl (C=O) groups is 1. The highest BCUT2D eigenvalue weighted by Gasteiger charge is 2.30. The highest BCUT2D eigenvalue weighted by atomic mass is 16.2. The topological polar surface area (TPSA) is 60.1 Å². The zero-order valence-corrected chi connectivity index (χ0v) is 14.9.